The molecule has 2 aliphatic rings. The lowest BCUT2D eigenvalue weighted by Crippen LogP contribution is -2.31. The predicted molar refractivity (Wildman–Crippen MR) is 108 cm³/mol. The van der Waals surface area contributed by atoms with Crippen LogP contribution in [0.5, 0.6) is 0 Å². The molecule has 0 saturated heterocycles. The van der Waals surface area contributed by atoms with Gasteiger partial charge in [-0.05, 0) is 31.7 Å². The molecule has 3 heterocycles. The summed E-state index contributed by atoms with van der Waals surface area (Å²) in [6.45, 7) is 0. The van der Waals surface area contributed by atoms with Gasteiger partial charge < -0.3 is 4.74 Å². The van der Waals surface area contributed by atoms with Crippen molar-refractivity contribution in [2.45, 2.75) is 37.2 Å². The molecular weight excluding hydrogens is 364 g/mol. The van der Waals surface area contributed by atoms with Gasteiger partial charge in [-0.15, -0.1) is 0 Å². The highest BCUT2D eigenvalue weighted by Crippen LogP contribution is 2.49. The number of hydrogen-bond acceptors (Lipinski definition) is 4. The van der Waals surface area contributed by atoms with Gasteiger partial charge in [0.25, 0.3) is 5.78 Å². The fourth-order valence-corrected chi connectivity index (χ4v) is 4.79. The minimum absolute atomic E-state index is 0.191. The lowest BCUT2D eigenvalue weighted by atomic mass is 9.75. The molecule has 0 atom stereocenters. The number of ether oxygens (including phenoxy) is 1. The minimum atomic E-state index is -0.461. The number of nitrogens with zero attached hydrogens (tertiary/aromatic N) is 3. The van der Waals surface area contributed by atoms with Crippen molar-refractivity contribution in [2.75, 3.05) is 0 Å². The van der Waals surface area contributed by atoms with Gasteiger partial charge >= 0.3 is 5.97 Å². The number of esters is 1. The van der Waals surface area contributed by atoms with Gasteiger partial charge in [0.15, 0.2) is 0 Å². The first-order valence-electron chi connectivity index (χ1n) is 10.1. The highest BCUT2D eigenvalue weighted by atomic mass is 16.6. The van der Waals surface area contributed by atoms with Crippen molar-refractivity contribution in [2.24, 2.45) is 0 Å². The van der Waals surface area contributed by atoms with E-state index >= 15 is 0 Å². The van der Waals surface area contributed by atoms with E-state index in [1.54, 1.807) is 0 Å². The van der Waals surface area contributed by atoms with Gasteiger partial charge in [0.1, 0.15) is 11.4 Å². The number of hydrogen-bond donors (Lipinski definition) is 1. The zero-order valence-corrected chi connectivity index (χ0v) is 15.8. The zero-order chi connectivity index (χ0) is 19.4. The molecule has 1 spiro atoms. The molecule has 1 fully saturated rings. The first kappa shape index (κ1) is 16.5. The maximum absolute atomic E-state index is 12.3. The largest absolute Gasteiger partial charge is 0.451 e. The highest BCUT2D eigenvalue weighted by molar-refractivity contribution is 5.94. The Kier molecular flexibility index (Phi) is 3.45. The lowest BCUT2D eigenvalue weighted by Gasteiger charge is -2.35. The number of nitrogens with one attached hydrogen (secondary N) is 1. The van der Waals surface area contributed by atoms with Crippen molar-refractivity contribution in [1.82, 2.24) is 19.6 Å². The number of aromatic nitrogens is 4. The Hall–Kier alpha value is -3.41. The summed E-state index contributed by atoms with van der Waals surface area (Å²) in [5.41, 5.74) is 3.29. The number of H-pyrrole nitrogens is 1. The van der Waals surface area contributed by atoms with Gasteiger partial charge in [0.05, 0.1) is 17.5 Å². The van der Waals surface area contributed by atoms with Gasteiger partial charge in [-0.2, -0.15) is 4.98 Å². The number of carbonyl (C=O) groups excluding carboxylic acids is 1. The molecule has 6 nitrogen and oxygen atoms in total. The van der Waals surface area contributed by atoms with Crippen molar-refractivity contribution >= 4 is 11.7 Å². The molecule has 29 heavy (non-hydrogen) atoms. The minimum Gasteiger partial charge on any atom is -0.451 e. The fourth-order valence-electron chi connectivity index (χ4n) is 4.79. The molecule has 0 amide bonds. The van der Waals surface area contributed by atoms with Gasteiger partial charge in [0.2, 0.25) is 0 Å². The maximum Gasteiger partial charge on any atom is 0.339 e. The molecule has 1 saturated carbocycles. The van der Waals surface area contributed by atoms with Gasteiger partial charge in [-0.25, -0.2) is 14.3 Å². The molecule has 1 N–H and O–H groups in total. The molecule has 1 aliphatic carbocycles. The summed E-state index contributed by atoms with van der Waals surface area (Å²) in [5, 5.41) is 3.40. The average molecular weight is 384 g/mol. The molecule has 2 aromatic carbocycles. The van der Waals surface area contributed by atoms with E-state index in [1.165, 1.54) is 0 Å². The smallest absolute Gasteiger partial charge is 0.339 e. The maximum atomic E-state index is 12.3. The van der Waals surface area contributed by atoms with Crippen LogP contribution in [0.25, 0.3) is 17.0 Å². The van der Waals surface area contributed by atoms with Crippen molar-refractivity contribution < 1.29 is 9.53 Å². The number of fused-ring (bicyclic) bond motifs is 3. The summed E-state index contributed by atoms with van der Waals surface area (Å²) in [4.78, 5) is 21.7. The quantitative estimate of drug-likeness (QED) is 0.518. The van der Waals surface area contributed by atoms with E-state index in [0.29, 0.717) is 11.7 Å². The molecule has 2 aromatic heterocycles. The number of carbonyl (C=O) groups is 1. The summed E-state index contributed by atoms with van der Waals surface area (Å²) in [6.07, 6.45) is 5.46. The van der Waals surface area contributed by atoms with Crippen molar-refractivity contribution in [3.8, 4) is 11.3 Å². The molecule has 1 aliphatic heterocycles. The van der Waals surface area contributed by atoms with Gasteiger partial charge in [-0.3, -0.25) is 5.10 Å². The van der Waals surface area contributed by atoms with Crippen LogP contribution in [0.3, 0.4) is 0 Å². The Labute approximate surface area is 167 Å². The van der Waals surface area contributed by atoms with Gasteiger partial charge in [-0.1, -0.05) is 48.5 Å². The molecular formula is C23H20N4O2. The number of rotatable bonds is 2. The summed E-state index contributed by atoms with van der Waals surface area (Å²) in [5.74, 6) is 1.77. The van der Waals surface area contributed by atoms with Crippen molar-refractivity contribution in [3.05, 3.63) is 77.7 Å². The Morgan fingerprint density at radius 2 is 1.76 bits per heavy atom. The van der Waals surface area contributed by atoms with E-state index in [1.807, 2.05) is 65.3 Å². The third-order valence-corrected chi connectivity index (χ3v) is 6.32. The zero-order valence-electron chi connectivity index (χ0n) is 15.8. The lowest BCUT2D eigenvalue weighted by molar-refractivity contribution is -0.0312. The van der Waals surface area contributed by atoms with E-state index in [2.05, 4.69) is 10.1 Å². The van der Waals surface area contributed by atoms with E-state index in [4.69, 9.17) is 9.72 Å². The van der Waals surface area contributed by atoms with Crippen LogP contribution in [-0.2, 0) is 10.3 Å². The molecule has 0 bridgehead atoms. The van der Waals surface area contributed by atoms with Crippen LogP contribution in [0.1, 0.15) is 53.3 Å². The SMILES string of the molecule is O=C1OC2(CCC(c3nc4nc(-c5ccccc5)cn4[nH]3)CC2)c2ccccc21. The Morgan fingerprint density at radius 1 is 1.00 bits per heavy atom. The Bertz CT molecular complexity index is 1180. The van der Waals surface area contributed by atoms with E-state index in [0.717, 1.165) is 53.9 Å². The third-order valence-electron chi connectivity index (χ3n) is 6.32. The van der Waals surface area contributed by atoms with Crippen molar-refractivity contribution in [1.29, 1.82) is 0 Å². The van der Waals surface area contributed by atoms with Crippen LogP contribution in [0.4, 0.5) is 0 Å². The predicted octanol–water partition coefficient (Wildman–Crippen LogP) is 4.45. The van der Waals surface area contributed by atoms with Crippen LogP contribution in [-0.4, -0.2) is 25.6 Å². The second-order valence-electron chi connectivity index (χ2n) is 7.97. The Morgan fingerprint density at radius 3 is 2.55 bits per heavy atom. The fraction of sp³-hybridized carbons (Fsp3) is 0.261. The van der Waals surface area contributed by atoms with Gasteiger partial charge in [0, 0.05) is 17.0 Å². The van der Waals surface area contributed by atoms with Crippen LogP contribution in [0.2, 0.25) is 0 Å². The standard InChI is InChI=1S/C23H20N4O2/c28-21-17-8-4-5-9-18(17)23(29-21)12-10-16(11-13-23)20-25-22-24-19(14-27(22)26-20)15-6-2-1-3-7-15/h1-9,14,16H,10-13H2,(H,24,25,26). The third kappa shape index (κ3) is 2.52. The van der Waals surface area contributed by atoms with Crippen LogP contribution in [0.15, 0.2) is 60.8 Å². The first-order chi connectivity index (χ1) is 14.2. The summed E-state index contributed by atoms with van der Waals surface area (Å²) >= 11 is 0. The highest BCUT2D eigenvalue weighted by Gasteiger charge is 2.47. The summed E-state index contributed by atoms with van der Waals surface area (Å²) in [6, 6.07) is 17.9. The van der Waals surface area contributed by atoms with E-state index in [-0.39, 0.29) is 5.97 Å². The van der Waals surface area contributed by atoms with Crippen LogP contribution >= 0.6 is 0 Å². The van der Waals surface area contributed by atoms with Crippen LogP contribution in [0, 0.1) is 0 Å². The number of aromatic amines is 1. The van der Waals surface area contributed by atoms with Crippen LogP contribution < -0.4 is 0 Å². The van der Waals surface area contributed by atoms with E-state index in [9.17, 15) is 4.79 Å². The number of benzene rings is 2. The Balaban J connectivity index is 1.24. The summed E-state index contributed by atoms with van der Waals surface area (Å²) < 4.78 is 7.76. The normalized spacial score (nSPS) is 23.4. The molecule has 4 aromatic rings. The first-order valence-corrected chi connectivity index (χ1v) is 10.1. The topological polar surface area (TPSA) is 72.3 Å². The molecule has 144 valence electrons. The monoisotopic (exact) mass is 384 g/mol. The second-order valence-corrected chi connectivity index (χ2v) is 7.97. The number of imidazole rings is 1. The molecule has 6 rings (SSSR count). The van der Waals surface area contributed by atoms with Crippen molar-refractivity contribution in [3.63, 3.8) is 0 Å². The molecule has 6 heteroatoms. The average Bonchev–Trinajstić information content (AvgIpc) is 3.41. The molecule has 0 radical (unpaired) electrons. The van der Waals surface area contributed by atoms with E-state index < -0.39 is 5.60 Å². The summed E-state index contributed by atoms with van der Waals surface area (Å²) in [7, 11) is 0. The second kappa shape index (κ2) is 6.04. The molecule has 0 unspecified atom stereocenters.